The lowest BCUT2D eigenvalue weighted by Gasteiger charge is -2.33. The van der Waals surface area contributed by atoms with Crippen molar-refractivity contribution in [2.75, 3.05) is 18.0 Å². The summed E-state index contributed by atoms with van der Waals surface area (Å²) in [6.07, 6.45) is 10.6. The molecule has 0 saturated heterocycles. The molecule has 4 heteroatoms. The van der Waals surface area contributed by atoms with Gasteiger partial charge < -0.3 is 10.2 Å². The monoisotopic (exact) mass is 290 g/mol. The van der Waals surface area contributed by atoms with Gasteiger partial charge >= 0.3 is 0 Å². The van der Waals surface area contributed by atoms with E-state index in [1.807, 2.05) is 12.4 Å². The van der Waals surface area contributed by atoms with Gasteiger partial charge in [-0.3, -0.25) is 0 Å². The van der Waals surface area contributed by atoms with Crippen LogP contribution < -0.4 is 10.2 Å². The Bertz CT molecular complexity index is 396. The topological polar surface area (TPSA) is 41.1 Å². The van der Waals surface area contributed by atoms with E-state index in [9.17, 15) is 0 Å². The lowest BCUT2D eigenvalue weighted by molar-refractivity contribution is 0.414. The molecule has 118 valence electrons. The molecule has 0 aromatic carbocycles. The van der Waals surface area contributed by atoms with E-state index in [1.54, 1.807) is 0 Å². The molecule has 1 aliphatic rings. The van der Waals surface area contributed by atoms with Crippen molar-refractivity contribution >= 4 is 5.95 Å². The molecule has 1 N–H and O–H groups in total. The summed E-state index contributed by atoms with van der Waals surface area (Å²) >= 11 is 0. The van der Waals surface area contributed by atoms with Gasteiger partial charge in [-0.05, 0) is 32.2 Å². The summed E-state index contributed by atoms with van der Waals surface area (Å²) in [5, 5.41) is 3.43. The Balaban J connectivity index is 1.92. The van der Waals surface area contributed by atoms with Gasteiger partial charge in [-0.1, -0.05) is 33.1 Å². The predicted molar refractivity (Wildman–Crippen MR) is 88.5 cm³/mol. The summed E-state index contributed by atoms with van der Waals surface area (Å²) in [4.78, 5) is 11.6. The van der Waals surface area contributed by atoms with Crippen molar-refractivity contribution in [3.63, 3.8) is 0 Å². The first-order valence-electron chi connectivity index (χ1n) is 8.49. The van der Waals surface area contributed by atoms with E-state index in [0.717, 1.165) is 25.6 Å². The average Bonchev–Trinajstić information content (AvgIpc) is 2.50. The predicted octanol–water partition coefficient (Wildman–Crippen LogP) is 3.38. The van der Waals surface area contributed by atoms with E-state index in [2.05, 4.69) is 41.0 Å². The summed E-state index contributed by atoms with van der Waals surface area (Å²) in [6, 6.07) is 0.633. The summed E-state index contributed by atoms with van der Waals surface area (Å²) in [6.45, 7) is 9.52. The fourth-order valence-corrected chi connectivity index (χ4v) is 3.05. The Kier molecular flexibility index (Phi) is 6.43. The number of rotatable bonds is 7. The Hall–Kier alpha value is -1.16. The highest BCUT2D eigenvalue weighted by Gasteiger charge is 2.21. The lowest BCUT2D eigenvalue weighted by Crippen LogP contribution is -2.37. The molecule has 1 aromatic rings. The fourth-order valence-electron chi connectivity index (χ4n) is 3.05. The molecule has 21 heavy (non-hydrogen) atoms. The largest absolute Gasteiger partial charge is 0.338 e. The first-order valence-corrected chi connectivity index (χ1v) is 8.49. The maximum atomic E-state index is 4.60. The first-order chi connectivity index (χ1) is 10.2. The number of nitrogens with one attached hydrogen (secondary N) is 1. The number of hydrogen-bond donors (Lipinski definition) is 1. The van der Waals surface area contributed by atoms with Crippen molar-refractivity contribution in [2.45, 2.75) is 65.5 Å². The van der Waals surface area contributed by atoms with Crippen molar-refractivity contribution in [2.24, 2.45) is 5.92 Å². The molecule has 1 aromatic heterocycles. The van der Waals surface area contributed by atoms with Gasteiger partial charge in [0.25, 0.3) is 0 Å². The van der Waals surface area contributed by atoms with Gasteiger partial charge in [-0.2, -0.15) is 0 Å². The smallest absolute Gasteiger partial charge is 0.225 e. The van der Waals surface area contributed by atoms with E-state index in [1.165, 1.54) is 37.7 Å². The van der Waals surface area contributed by atoms with Crippen molar-refractivity contribution in [3.05, 3.63) is 18.0 Å². The second kappa shape index (κ2) is 8.32. The van der Waals surface area contributed by atoms with Crippen molar-refractivity contribution in [3.8, 4) is 0 Å². The zero-order chi connectivity index (χ0) is 15.1. The molecule has 0 amide bonds. The number of nitrogens with zero attached hydrogens (tertiary/aromatic N) is 3. The molecular weight excluding hydrogens is 260 g/mol. The van der Waals surface area contributed by atoms with E-state index in [4.69, 9.17) is 0 Å². The van der Waals surface area contributed by atoms with Gasteiger partial charge in [0.05, 0.1) is 0 Å². The Morgan fingerprint density at radius 3 is 2.43 bits per heavy atom. The van der Waals surface area contributed by atoms with Gasteiger partial charge in [0, 0.05) is 37.1 Å². The molecule has 1 saturated carbocycles. The van der Waals surface area contributed by atoms with Crippen LogP contribution in [0.4, 0.5) is 5.95 Å². The number of hydrogen-bond acceptors (Lipinski definition) is 4. The molecular formula is C17H30N4. The molecule has 0 atom stereocenters. The highest BCUT2D eigenvalue weighted by Crippen LogP contribution is 2.24. The first kappa shape index (κ1) is 16.2. The minimum absolute atomic E-state index is 0.633. The Morgan fingerprint density at radius 2 is 1.86 bits per heavy atom. The Labute approximate surface area is 129 Å². The van der Waals surface area contributed by atoms with Gasteiger partial charge in [0.2, 0.25) is 5.95 Å². The molecule has 2 rings (SSSR count). The highest BCUT2D eigenvalue weighted by atomic mass is 15.3. The summed E-state index contributed by atoms with van der Waals surface area (Å²) < 4.78 is 0. The van der Waals surface area contributed by atoms with Crippen molar-refractivity contribution in [1.29, 1.82) is 0 Å². The SMILES string of the molecule is CCN(c1ncc(CNCC(C)C)cn1)C1CCCCC1. The number of anilines is 1. The molecule has 1 heterocycles. The molecule has 0 spiro atoms. The van der Waals surface area contributed by atoms with Crippen LogP contribution in [0.2, 0.25) is 0 Å². The summed E-state index contributed by atoms with van der Waals surface area (Å²) in [7, 11) is 0. The van der Waals surface area contributed by atoms with Crippen LogP contribution in [0.5, 0.6) is 0 Å². The summed E-state index contributed by atoms with van der Waals surface area (Å²) in [5.41, 5.74) is 1.17. The third kappa shape index (κ3) is 4.95. The molecule has 1 fully saturated rings. The average molecular weight is 290 g/mol. The van der Waals surface area contributed by atoms with Crippen LogP contribution in [0.3, 0.4) is 0 Å². The molecule has 4 nitrogen and oxygen atoms in total. The lowest BCUT2D eigenvalue weighted by atomic mass is 9.94. The van der Waals surface area contributed by atoms with Gasteiger partial charge in [0.1, 0.15) is 0 Å². The molecule has 0 bridgehead atoms. The van der Waals surface area contributed by atoms with E-state index in [0.29, 0.717) is 12.0 Å². The fraction of sp³-hybridized carbons (Fsp3) is 0.765. The van der Waals surface area contributed by atoms with Crippen LogP contribution in [0, 0.1) is 5.92 Å². The van der Waals surface area contributed by atoms with Crippen LogP contribution >= 0.6 is 0 Å². The third-order valence-electron chi connectivity index (χ3n) is 4.19. The maximum absolute atomic E-state index is 4.60. The van der Waals surface area contributed by atoms with Gasteiger partial charge in [-0.25, -0.2) is 9.97 Å². The molecule has 0 aliphatic heterocycles. The highest BCUT2D eigenvalue weighted by molar-refractivity contribution is 5.31. The number of aromatic nitrogens is 2. The van der Waals surface area contributed by atoms with E-state index in [-0.39, 0.29) is 0 Å². The van der Waals surface area contributed by atoms with Crippen LogP contribution in [0.15, 0.2) is 12.4 Å². The normalized spacial score (nSPS) is 16.4. The van der Waals surface area contributed by atoms with Crippen molar-refractivity contribution < 1.29 is 0 Å². The zero-order valence-electron chi connectivity index (χ0n) is 13.8. The molecule has 1 aliphatic carbocycles. The summed E-state index contributed by atoms with van der Waals surface area (Å²) in [5.74, 6) is 1.57. The zero-order valence-corrected chi connectivity index (χ0v) is 13.8. The maximum Gasteiger partial charge on any atom is 0.225 e. The second-order valence-corrected chi connectivity index (χ2v) is 6.49. The minimum Gasteiger partial charge on any atom is -0.338 e. The van der Waals surface area contributed by atoms with Gasteiger partial charge in [-0.15, -0.1) is 0 Å². The van der Waals surface area contributed by atoms with Crippen LogP contribution in [0.25, 0.3) is 0 Å². The van der Waals surface area contributed by atoms with E-state index >= 15 is 0 Å². The van der Waals surface area contributed by atoms with Crippen molar-refractivity contribution in [1.82, 2.24) is 15.3 Å². The van der Waals surface area contributed by atoms with E-state index < -0.39 is 0 Å². The van der Waals surface area contributed by atoms with Crippen LogP contribution in [-0.2, 0) is 6.54 Å². The standard InChI is InChI=1S/C17H30N4/c1-4-21(16-8-6-5-7-9-16)17-19-12-15(13-20-17)11-18-10-14(2)3/h12-14,16,18H,4-11H2,1-3H3. The second-order valence-electron chi connectivity index (χ2n) is 6.49. The van der Waals surface area contributed by atoms with Crippen LogP contribution in [0.1, 0.15) is 58.4 Å². The minimum atomic E-state index is 0.633. The third-order valence-corrected chi connectivity index (χ3v) is 4.19. The van der Waals surface area contributed by atoms with Gasteiger partial charge in [0.15, 0.2) is 0 Å². The van der Waals surface area contributed by atoms with Crippen LogP contribution in [-0.4, -0.2) is 29.1 Å². The molecule has 0 radical (unpaired) electrons. The quantitative estimate of drug-likeness (QED) is 0.836. The Morgan fingerprint density at radius 1 is 1.19 bits per heavy atom. The molecule has 0 unspecified atom stereocenters.